The molecule has 1 N–H and O–H groups in total. The fourth-order valence-electron chi connectivity index (χ4n) is 2.36. The van der Waals surface area contributed by atoms with Crippen molar-refractivity contribution in [3.05, 3.63) is 11.9 Å². The maximum absolute atomic E-state index is 8.82. The minimum atomic E-state index is 0.349. The number of hydrogen-bond donors (Lipinski definition) is 1. The van der Waals surface area contributed by atoms with Crippen molar-refractivity contribution in [3.63, 3.8) is 0 Å². The Hall–Kier alpha value is -1.83. The van der Waals surface area contributed by atoms with Crippen LogP contribution < -0.4 is 10.2 Å². The van der Waals surface area contributed by atoms with E-state index in [4.69, 9.17) is 5.26 Å². The van der Waals surface area contributed by atoms with E-state index in [0.29, 0.717) is 18.4 Å². The maximum atomic E-state index is 8.82. The third-order valence-electron chi connectivity index (χ3n) is 3.40. The molecular weight excluding hydrogens is 238 g/mol. The van der Waals surface area contributed by atoms with Gasteiger partial charge >= 0.3 is 0 Å². The van der Waals surface area contributed by atoms with Crippen molar-refractivity contribution in [1.82, 2.24) is 9.97 Å². The molecule has 5 nitrogen and oxygen atoms in total. The summed E-state index contributed by atoms with van der Waals surface area (Å²) in [6.45, 7) is 5.05. The summed E-state index contributed by atoms with van der Waals surface area (Å²) in [6, 6.07) is 2.77. The van der Waals surface area contributed by atoms with Crippen LogP contribution in [0.1, 0.15) is 44.6 Å². The van der Waals surface area contributed by atoms with Crippen molar-refractivity contribution in [3.8, 4) is 6.07 Å². The molecule has 0 unspecified atom stereocenters. The van der Waals surface area contributed by atoms with Gasteiger partial charge in [-0.2, -0.15) is 5.26 Å². The van der Waals surface area contributed by atoms with E-state index >= 15 is 0 Å². The molecule has 1 heterocycles. The van der Waals surface area contributed by atoms with Crippen LogP contribution in [0.2, 0.25) is 0 Å². The minimum Gasteiger partial charge on any atom is -0.373 e. The van der Waals surface area contributed by atoms with Crippen LogP contribution in [-0.2, 0) is 0 Å². The van der Waals surface area contributed by atoms with Crippen molar-refractivity contribution in [2.45, 2.75) is 45.1 Å². The number of anilines is 2. The van der Waals surface area contributed by atoms with Crippen LogP contribution in [0.25, 0.3) is 0 Å². The van der Waals surface area contributed by atoms with E-state index in [0.717, 1.165) is 23.7 Å². The fourth-order valence-corrected chi connectivity index (χ4v) is 2.36. The van der Waals surface area contributed by atoms with Crippen LogP contribution in [-0.4, -0.2) is 29.6 Å². The van der Waals surface area contributed by atoms with Crippen molar-refractivity contribution in [2.75, 3.05) is 23.8 Å². The lowest BCUT2D eigenvalue weighted by Gasteiger charge is -2.27. The molecule has 0 amide bonds. The van der Waals surface area contributed by atoms with Crippen LogP contribution in [0.3, 0.4) is 0 Å². The van der Waals surface area contributed by atoms with Crippen molar-refractivity contribution >= 4 is 11.6 Å². The molecule has 1 fully saturated rings. The molecule has 1 aromatic heterocycles. The summed E-state index contributed by atoms with van der Waals surface area (Å²) >= 11 is 0. The first-order valence-electron chi connectivity index (χ1n) is 6.85. The van der Waals surface area contributed by atoms with Gasteiger partial charge in [0.2, 0.25) is 0 Å². The molecule has 19 heavy (non-hydrogen) atoms. The van der Waals surface area contributed by atoms with Crippen LogP contribution in [0.4, 0.5) is 11.6 Å². The Morgan fingerprint density at radius 2 is 2.21 bits per heavy atom. The number of nitrogens with one attached hydrogen (secondary N) is 1. The average molecular weight is 259 g/mol. The third kappa shape index (κ3) is 2.95. The largest absolute Gasteiger partial charge is 0.373 e. The number of hydrogen-bond acceptors (Lipinski definition) is 5. The van der Waals surface area contributed by atoms with E-state index in [9.17, 15) is 0 Å². The van der Waals surface area contributed by atoms with Gasteiger partial charge in [-0.1, -0.05) is 13.8 Å². The predicted octanol–water partition coefficient (Wildman–Crippen LogP) is 2.52. The van der Waals surface area contributed by atoms with Crippen molar-refractivity contribution in [2.24, 2.45) is 0 Å². The highest BCUT2D eigenvalue weighted by Gasteiger charge is 2.32. The number of nitriles is 1. The first-order chi connectivity index (χ1) is 9.19. The molecule has 0 aliphatic heterocycles. The van der Waals surface area contributed by atoms with Gasteiger partial charge in [-0.05, 0) is 18.8 Å². The van der Waals surface area contributed by atoms with E-state index in [1.807, 2.05) is 7.05 Å². The van der Waals surface area contributed by atoms with Gasteiger partial charge in [0.1, 0.15) is 18.0 Å². The second-order valence-corrected chi connectivity index (χ2v) is 5.20. The topological polar surface area (TPSA) is 64.8 Å². The summed E-state index contributed by atoms with van der Waals surface area (Å²) in [7, 11) is 1.88. The highest BCUT2D eigenvalue weighted by molar-refractivity contribution is 5.61. The number of aromatic nitrogens is 2. The maximum Gasteiger partial charge on any atom is 0.137 e. The molecule has 0 spiro atoms. The monoisotopic (exact) mass is 259 g/mol. The smallest absolute Gasteiger partial charge is 0.137 e. The first-order valence-corrected chi connectivity index (χ1v) is 6.85. The molecule has 1 aromatic rings. The predicted molar refractivity (Wildman–Crippen MR) is 76.3 cm³/mol. The molecule has 0 saturated heterocycles. The molecule has 0 aromatic carbocycles. The molecular formula is C14H21N5. The minimum absolute atomic E-state index is 0.349. The van der Waals surface area contributed by atoms with Crippen LogP contribution in [0.5, 0.6) is 0 Å². The molecule has 2 rings (SSSR count). The fraction of sp³-hybridized carbons (Fsp3) is 0.643. The Bertz CT molecular complexity index is 473. The summed E-state index contributed by atoms with van der Waals surface area (Å²) in [6.07, 6.45) is 4.53. The molecule has 0 atom stereocenters. The second-order valence-electron chi connectivity index (χ2n) is 5.20. The molecule has 1 aliphatic rings. The summed E-state index contributed by atoms with van der Waals surface area (Å²) in [5, 5.41) is 12.0. The van der Waals surface area contributed by atoms with Crippen LogP contribution in [0, 0.1) is 11.3 Å². The van der Waals surface area contributed by atoms with Gasteiger partial charge in [0.25, 0.3) is 0 Å². The summed E-state index contributed by atoms with van der Waals surface area (Å²) in [5.74, 6) is 2.23. The Balaban J connectivity index is 2.38. The Kier molecular flexibility index (Phi) is 4.20. The lowest BCUT2D eigenvalue weighted by atomic mass is 10.0. The summed E-state index contributed by atoms with van der Waals surface area (Å²) in [4.78, 5) is 11.1. The summed E-state index contributed by atoms with van der Waals surface area (Å²) < 4.78 is 0. The Labute approximate surface area is 114 Å². The zero-order chi connectivity index (χ0) is 13.8. The van der Waals surface area contributed by atoms with Gasteiger partial charge in [0.05, 0.1) is 12.5 Å². The van der Waals surface area contributed by atoms with Crippen molar-refractivity contribution in [1.29, 1.82) is 5.26 Å². The zero-order valence-electron chi connectivity index (χ0n) is 11.8. The first kappa shape index (κ1) is 13.6. The van der Waals surface area contributed by atoms with E-state index in [1.54, 1.807) is 6.33 Å². The van der Waals surface area contributed by atoms with Gasteiger partial charge in [-0.15, -0.1) is 0 Å². The SMILES string of the molecule is CNc1ncnc(N(CCC#N)C2CC2)c1C(C)C. The van der Waals surface area contributed by atoms with E-state index in [-0.39, 0.29) is 0 Å². The van der Waals surface area contributed by atoms with E-state index in [2.05, 4.69) is 40.1 Å². The normalized spacial score (nSPS) is 14.3. The van der Waals surface area contributed by atoms with Crippen LogP contribution >= 0.6 is 0 Å². The summed E-state index contributed by atoms with van der Waals surface area (Å²) in [5.41, 5.74) is 1.15. The van der Waals surface area contributed by atoms with Gasteiger partial charge < -0.3 is 10.2 Å². The average Bonchev–Trinajstić information content (AvgIpc) is 3.23. The lowest BCUT2D eigenvalue weighted by molar-refractivity contribution is 0.749. The van der Waals surface area contributed by atoms with Gasteiger partial charge in [-0.25, -0.2) is 9.97 Å². The molecule has 0 bridgehead atoms. The third-order valence-corrected chi connectivity index (χ3v) is 3.40. The molecule has 102 valence electrons. The standard InChI is InChI=1S/C14H21N5/c1-10(2)12-13(16-3)17-9-18-14(12)19(8-4-7-15)11-5-6-11/h9-11H,4-6,8H2,1-3H3,(H,16,17,18). The molecule has 0 radical (unpaired) electrons. The molecule has 1 aliphatic carbocycles. The molecule has 5 heteroatoms. The Morgan fingerprint density at radius 3 is 2.74 bits per heavy atom. The van der Waals surface area contributed by atoms with E-state index < -0.39 is 0 Å². The Morgan fingerprint density at radius 1 is 1.47 bits per heavy atom. The number of rotatable bonds is 6. The van der Waals surface area contributed by atoms with Gasteiger partial charge in [0.15, 0.2) is 0 Å². The second kappa shape index (κ2) is 5.87. The highest BCUT2D eigenvalue weighted by Crippen LogP contribution is 2.37. The van der Waals surface area contributed by atoms with E-state index in [1.165, 1.54) is 12.8 Å². The van der Waals surface area contributed by atoms with Gasteiger partial charge in [0, 0.05) is 25.2 Å². The number of nitrogens with zero attached hydrogens (tertiary/aromatic N) is 4. The van der Waals surface area contributed by atoms with Gasteiger partial charge in [-0.3, -0.25) is 0 Å². The highest BCUT2D eigenvalue weighted by atomic mass is 15.2. The van der Waals surface area contributed by atoms with Crippen LogP contribution in [0.15, 0.2) is 6.33 Å². The zero-order valence-corrected chi connectivity index (χ0v) is 11.8. The lowest BCUT2D eigenvalue weighted by Crippen LogP contribution is -2.29. The molecule has 1 saturated carbocycles. The quantitative estimate of drug-likeness (QED) is 0.850. The van der Waals surface area contributed by atoms with Crippen molar-refractivity contribution < 1.29 is 0 Å².